The Hall–Kier alpha value is -2.60. The maximum absolute atomic E-state index is 12.5. The zero-order chi connectivity index (χ0) is 22.7. The van der Waals surface area contributed by atoms with Crippen LogP contribution in [-0.4, -0.2) is 16.3 Å². The summed E-state index contributed by atoms with van der Waals surface area (Å²) in [6.45, 7) is 5.49. The summed E-state index contributed by atoms with van der Waals surface area (Å²) in [5.74, 6) is 0.568. The molecular weight excluding hydrogens is 403 g/mol. The third kappa shape index (κ3) is 5.76. The van der Waals surface area contributed by atoms with E-state index in [1.54, 1.807) is 45.0 Å². The third-order valence-corrected chi connectivity index (χ3v) is 6.02. The molecule has 3 aromatic rings. The van der Waals surface area contributed by atoms with Crippen molar-refractivity contribution < 1.29 is 23.0 Å². The Morgan fingerprint density at radius 1 is 0.903 bits per heavy atom. The van der Waals surface area contributed by atoms with Crippen LogP contribution in [-0.2, 0) is 12.2 Å². The van der Waals surface area contributed by atoms with Gasteiger partial charge in [0.1, 0.15) is 12.4 Å². The highest BCUT2D eigenvalue weighted by atomic mass is 19.4. The van der Waals surface area contributed by atoms with Gasteiger partial charge in [-0.05, 0) is 55.0 Å². The van der Waals surface area contributed by atoms with Gasteiger partial charge < -0.3 is 9.84 Å². The standard InChI is InChI=1S/C25H28F3NO2/c1-23(2,14-7-15-25(26,27)28)24(3,30)19-9-6-10-21(16-19)31-17-20-13-12-18-8-4-5-11-22(18)29-20/h4-6,8-13,16,30H,7,14-15,17H2,1-3H3. The van der Waals surface area contributed by atoms with E-state index in [9.17, 15) is 18.3 Å². The fourth-order valence-electron chi connectivity index (χ4n) is 3.60. The van der Waals surface area contributed by atoms with E-state index in [1.165, 1.54) is 0 Å². The number of aliphatic hydroxyl groups is 1. The van der Waals surface area contributed by atoms with Crippen molar-refractivity contribution in [3.8, 4) is 5.75 Å². The van der Waals surface area contributed by atoms with Gasteiger partial charge >= 0.3 is 6.18 Å². The first-order valence-corrected chi connectivity index (χ1v) is 10.4. The second-order valence-electron chi connectivity index (χ2n) is 8.74. The van der Waals surface area contributed by atoms with Crippen molar-refractivity contribution in [3.63, 3.8) is 0 Å². The van der Waals surface area contributed by atoms with Crippen molar-refractivity contribution in [3.05, 3.63) is 71.9 Å². The first-order valence-electron chi connectivity index (χ1n) is 10.4. The number of alkyl halides is 3. The summed E-state index contributed by atoms with van der Waals surface area (Å²) in [5, 5.41) is 12.3. The summed E-state index contributed by atoms with van der Waals surface area (Å²) < 4.78 is 43.5. The molecule has 1 unspecified atom stereocenters. The first kappa shape index (κ1) is 23.1. The van der Waals surface area contributed by atoms with Gasteiger partial charge in [-0.15, -0.1) is 0 Å². The summed E-state index contributed by atoms with van der Waals surface area (Å²) in [6, 6.07) is 18.8. The van der Waals surface area contributed by atoms with E-state index in [4.69, 9.17) is 4.74 Å². The fraction of sp³-hybridized carbons (Fsp3) is 0.400. The molecule has 31 heavy (non-hydrogen) atoms. The Morgan fingerprint density at radius 2 is 1.65 bits per heavy atom. The minimum Gasteiger partial charge on any atom is -0.487 e. The highest BCUT2D eigenvalue weighted by molar-refractivity contribution is 5.78. The number of nitrogens with zero attached hydrogens (tertiary/aromatic N) is 1. The van der Waals surface area contributed by atoms with Crippen molar-refractivity contribution in [1.29, 1.82) is 0 Å². The molecule has 0 aliphatic rings. The number of fused-ring (bicyclic) bond motifs is 1. The van der Waals surface area contributed by atoms with Gasteiger partial charge in [-0.3, -0.25) is 0 Å². The van der Waals surface area contributed by atoms with Crippen molar-refractivity contribution in [2.75, 3.05) is 0 Å². The number of hydrogen-bond acceptors (Lipinski definition) is 3. The number of rotatable bonds is 8. The van der Waals surface area contributed by atoms with Gasteiger partial charge in [0.25, 0.3) is 0 Å². The Bertz CT molecular complexity index is 1030. The average molecular weight is 431 g/mol. The molecule has 1 atom stereocenters. The molecule has 0 saturated carbocycles. The molecule has 6 heteroatoms. The number of ether oxygens (including phenoxy) is 1. The van der Waals surface area contributed by atoms with Crippen molar-refractivity contribution in [1.82, 2.24) is 4.98 Å². The summed E-state index contributed by atoms with van der Waals surface area (Å²) in [6.07, 6.45) is -4.83. The lowest BCUT2D eigenvalue weighted by Crippen LogP contribution is -2.39. The monoisotopic (exact) mass is 431 g/mol. The average Bonchev–Trinajstić information content (AvgIpc) is 2.71. The van der Waals surface area contributed by atoms with Crippen LogP contribution in [0.25, 0.3) is 10.9 Å². The number of benzene rings is 2. The second-order valence-corrected chi connectivity index (χ2v) is 8.74. The predicted molar refractivity (Wildman–Crippen MR) is 116 cm³/mol. The van der Waals surface area contributed by atoms with E-state index >= 15 is 0 Å². The molecule has 2 aromatic carbocycles. The molecule has 166 valence electrons. The molecule has 0 aliphatic carbocycles. The number of para-hydroxylation sites is 1. The zero-order valence-electron chi connectivity index (χ0n) is 18.0. The van der Waals surface area contributed by atoms with E-state index in [0.29, 0.717) is 11.3 Å². The van der Waals surface area contributed by atoms with Crippen molar-refractivity contribution >= 4 is 10.9 Å². The van der Waals surface area contributed by atoms with Gasteiger partial charge in [0.15, 0.2) is 0 Å². The SMILES string of the molecule is CC(C)(CCCC(F)(F)F)C(C)(O)c1cccc(OCc2ccc3ccccc3n2)c1. The Balaban J connectivity index is 1.70. The molecule has 0 saturated heterocycles. The van der Waals surface area contributed by atoms with Gasteiger partial charge in [-0.25, -0.2) is 4.98 Å². The Labute approximate surface area is 180 Å². The maximum Gasteiger partial charge on any atom is 0.389 e. The van der Waals surface area contributed by atoms with Crippen LogP contribution in [0.5, 0.6) is 5.75 Å². The van der Waals surface area contributed by atoms with Crippen LogP contribution in [0.3, 0.4) is 0 Å². The Morgan fingerprint density at radius 3 is 2.39 bits per heavy atom. The van der Waals surface area contributed by atoms with Crippen LogP contribution in [0.4, 0.5) is 13.2 Å². The quantitative estimate of drug-likeness (QED) is 0.427. The molecule has 0 amide bonds. The third-order valence-electron chi connectivity index (χ3n) is 6.02. The van der Waals surface area contributed by atoms with Crippen molar-refractivity contribution in [2.45, 2.75) is 58.4 Å². The molecule has 0 spiro atoms. The van der Waals surface area contributed by atoms with E-state index in [2.05, 4.69) is 4.98 Å². The van der Waals surface area contributed by atoms with Crippen LogP contribution in [0, 0.1) is 5.41 Å². The molecule has 0 radical (unpaired) electrons. The van der Waals surface area contributed by atoms with E-state index in [0.717, 1.165) is 16.6 Å². The lowest BCUT2D eigenvalue weighted by Gasteiger charge is -2.41. The molecule has 1 heterocycles. The smallest absolute Gasteiger partial charge is 0.389 e. The number of halogens is 3. The summed E-state index contributed by atoms with van der Waals surface area (Å²) in [7, 11) is 0. The van der Waals surface area contributed by atoms with Gasteiger partial charge in [-0.1, -0.05) is 50.2 Å². The lowest BCUT2D eigenvalue weighted by atomic mass is 9.69. The van der Waals surface area contributed by atoms with Gasteiger partial charge in [0.2, 0.25) is 0 Å². The summed E-state index contributed by atoms with van der Waals surface area (Å²) in [4.78, 5) is 4.59. The van der Waals surface area contributed by atoms with Gasteiger partial charge in [0.05, 0.1) is 16.8 Å². The molecule has 3 rings (SSSR count). The zero-order valence-corrected chi connectivity index (χ0v) is 18.0. The van der Waals surface area contributed by atoms with Crippen LogP contribution in [0.2, 0.25) is 0 Å². The fourth-order valence-corrected chi connectivity index (χ4v) is 3.60. The minimum atomic E-state index is -4.19. The van der Waals surface area contributed by atoms with Crippen LogP contribution < -0.4 is 4.74 Å². The number of aromatic nitrogens is 1. The van der Waals surface area contributed by atoms with Crippen LogP contribution in [0.15, 0.2) is 60.7 Å². The van der Waals surface area contributed by atoms with Crippen LogP contribution >= 0.6 is 0 Å². The molecular formula is C25H28F3NO2. The lowest BCUT2D eigenvalue weighted by molar-refractivity contribution is -0.139. The normalized spacial score (nSPS) is 14.4. The molecule has 0 fully saturated rings. The summed E-state index contributed by atoms with van der Waals surface area (Å²) in [5.41, 5.74) is 0.202. The molecule has 1 N–H and O–H groups in total. The molecule has 0 bridgehead atoms. The van der Waals surface area contributed by atoms with Gasteiger partial charge in [0, 0.05) is 11.8 Å². The number of pyridine rings is 1. The first-order chi connectivity index (χ1) is 14.5. The van der Waals surface area contributed by atoms with Crippen molar-refractivity contribution in [2.24, 2.45) is 5.41 Å². The predicted octanol–water partition coefficient (Wildman–Crippen LogP) is 6.78. The molecule has 3 nitrogen and oxygen atoms in total. The van der Waals surface area contributed by atoms with E-state index < -0.39 is 23.6 Å². The van der Waals surface area contributed by atoms with Gasteiger partial charge in [-0.2, -0.15) is 13.2 Å². The Kier molecular flexibility index (Phi) is 6.60. The second kappa shape index (κ2) is 8.87. The topological polar surface area (TPSA) is 42.4 Å². The number of hydrogen-bond donors (Lipinski definition) is 1. The van der Waals surface area contributed by atoms with E-state index in [1.807, 2.05) is 36.4 Å². The largest absolute Gasteiger partial charge is 0.487 e. The molecule has 0 aliphatic heterocycles. The highest BCUT2D eigenvalue weighted by Crippen LogP contribution is 2.44. The highest BCUT2D eigenvalue weighted by Gasteiger charge is 2.41. The molecule has 1 aromatic heterocycles. The summed E-state index contributed by atoms with van der Waals surface area (Å²) >= 11 is 0. The minimum absolute atomic E-state index is 0.0313. The van der Waals surface area contributed by atoms with Crippen LogP contribution in [0.1, 0.15) is 51.3 Å². The maximum atomic E-state index is 12.5. The van der Waals surface area contributed by atoms with E-state index in [-0.39, 0.29) is 19.4 Å².